The number of primary amides is 1. The van der Waals surface area contributed by atoms with E-state index in [0.717, 1.165) is 0 Å². The number of hydrogen-bond acceptors (Lipinski definition) is 7. The third-order valence-corrected chi connectivity index (χ3v) is 4.98. The lowest BCUT2D eigenvalue weighted by molar-refractivity contribution is -0.150. The molecule has 2 unspecified atom stereocenters. The first-order valence-electron chi connectivity index (χ1n) is 11.5. The minimum absolute atomic E-state index is 0.412. The number of nitrogens with zero attached hydrogens (tertiary/aromatic N) is 1. The van der Waals surface area contributed by atoms with E-state index in [9.17, 15) is 24.0 Å². The molecule has 0 aliphatic rings. The zero-order valence-corrected chi connectivity index (χ0v) is 22.3. The molecule has 0 spiro atoms. The number of carbonyl (C=O) groups excluding carboxylic acids is 5. The van der Waals surface area contributed by atoms with Gasteiger partial charge < -0.3 is 30.7 Å². The van der Waals surface area contributed by atoms with Crippen molar-refractivity contribution in [2.24, 2.45) is 5.73 Å². The van der Waals surface area contributed by atoms with Gasteiger partial charge >= 0.3 is 12.1 Å². The van der Waals surface area contributed by atoms with Gasteiger partial charge in [0.15, 0.2) is 0 Å². The predicted molar refractivity (Wildman–Crippen MR) is 133 cm³/mol. The largest absolute Gasteiger partial charge is 0.468 e. The van der Waals surface area contributed by atoms with Gasteiger partial charge in [-0.2, -0.15) is 0 Å². The van der Waals surface area contributed by atoms with Crippen LogP contribution in [-0.4, -0.2) is 65.5 Å². The number of carbonyl (C=O) groups is 5. The summed E-state index contributed by atoms with van der Waals surface area (Å²) in [7, 11) is 1.19. The number of nitrogens with one attached hydrogen (secondary N) is 2. The van der Waals surface area contributed by atoms with Gasteiger partial charge in [0.25, 0.3) is 0 Å². The molecule has 1 rings (SSSR count). The molecule has 0 saturated heterocycles. The average molecular weight is 507 g/mol. The molecule has 0 aromatic heterocycles. The molecule has 0 saturated carbocycles. The molecule has 2 atom stereocenters. The summed E-state index contributed by atoms with van der Waals surface area (Å²) in [5.41, 5.74) is 4.76. The maximum Gasteiger partial charge on any atom is 0.408 e. The molecule has 11 nitrogen and oxygen atoms in total. The van der Waals surface area contributed by atoms with E-state index in [2.05, 4.69) is 15.4 Å². The van der Waals surface area contributed by atoms with Crippen molar-refractivity contribution in [2.75, 3.05) is 13.7 Å². The van der Waals surface area contributed by atoms with E-state index >= 15 is 0 Å². The molecule has 1 aromatic rings. The Hall–Kier alpha value is -3.63. The van der Waals surface area contributed by atoms with Gasteiger partial charge in [0, 0.05) is 5.54 Å². The van der Waals surface area contributed by atoms with E-state index in [-0.39, 0.29) is 0 Å². The van der Waals surface area contributed by atoms with Crippen molar-refractivity contribution >= 4 is 29.8 Å². The zero-order valence-electron chi connectivity index (χ0n) is 22.3. The van der Waals surface area contributed by atoms with Gasteiger partial charge in [0.2, 0.25) is 17.7 Å². The van der Waals surface area contributed by atoms with E-state index in [1.165, 1.54) is 12.0 Å². The summed E-state index contributed by atoms with van der Waals surface area (Å²) in [5, 5.41) is 4.92. The normalized spacial score (nSPS) is 13.1. The Morgan fingerprint density at radius 3 is 2.08 bits per heavy atom. The number of amides is 4. The summed E-state index contributed by atoms with van der Waals surface area (Å²) in [6, 6.07) is 4.35. The van der Waals surface area contributed by atoms with E-state index < -0.39 is 66.0 Å². The standard InChI is InChI=1S/C25H38N4O7/c1-15-11-9-10-12-16(15)20(21(32)27-14-19(31)35-8)29(24(2,3)4)22(33)17(13-18(26)30)28-23(34)36-25(5,6)7/h9-12,17,20H,13-14H2,1-8H3,(H2,26,30)(H,27,32)(H,28,34). The molecule has 0 aliphatic carbocycles. The van der Waals surface area contributed by atoms with Crippen molar-refractivity contribution in [1.82, 2.24) is 15.5 Å². The highest BCUT2D eigenvalue weighted by Gasteiger charge is 2.42. The molecular formula is C25H38N4O7. The van der Waals surface area contributed by atoms with Crippen LogP contribution in [0.15, 0.2) is 24.3 Å². The SMILES string of the molecule is COC(=O)CNC(=O)C(c1ccccc1C)N(C(=O)C(CC(N)=O)NC(=O)OC(C)(C)C)C(C)(C)C. The van der Waals surface area contributed by atoms with Crippen LogP contribution in [-0.2, 0) is 28.7 Å². The number of esters is 1. The second kappa shape index (κ2) is 12.4. The third-order valence-electron chi connectivity index (χ3n) is 4.98. The number of rotatable bonds is 9. The fraction of sp³-hybridized carbons (Fsp3) is 0.560. The van der Waals surface area contributed by atoms with Crippen LogP contribution in [0.25, 0.3) is 0 Å². The average Bonchev–Trinajstić information content (AvgIpc) is 2.72. The number of methoxy groups -OCH3 is 1. The van der Waals surface area contributed by atoms with Gasteiger partial charge in [0.05, 0.1) is 13.5 Å². The lowest BCUT2D eigenvalue weighted by Crippen LogP contribution is -2.59. The zero-order chi connectivity index (χ0) is 27.8. The Labute approximate surface area is 212 Å². The van der Waals surface area contributed by atoms with Crippen LogP contribution in [0.5, 0.6) is 0 Å². The van der Waals surface area contributed by atoms with Crippen molar-refractivity contribution in [1.29, 1.82) is 0 Å². The molecule has 0 aliphatic heterocycles. The number of aryl methyl sites for hydroxylation is 1. The van der Waals surface area contributed by atoms with Crippen molar-refractivity contribution < 1.29 is 33.4 Å². The van der Waals surface area contributed by atoms with E-state index in [4.69, 9.17) is 10.5 Å². The van der Waals surface area contributed by atoms with Crippen molar-refractivity contribution in [3.05, 3.63) is 35.4 Å². The second-order valence-electron chi connectivity index (χ2n) is 10.3. The lowest BCUT2D eigenvalue weighted by atomic mass is 9.92. The lowest BCUT2D eigenvalue weighted by Gasteiger charge is -2.43. The molecular weight excluding hydrogens is 468 g/mol. The number of nitrogens with two attached hydrogens (primary N) is 1. The molecule has 0 fully saturated rings. The monoisotopic (exact) mass is 506 g/mol. The van der Waals surface area contributed by atoms with Gasteiger partial charge in [-0.05, 0) is 59.6 Å². The van der Waals surface area contributed by atoms with Crippen LogP contribution < -0.4 is 16.4 Å². The number of hydrogen-bond donors (Lipinski definition) is 3. The molecule has 36 heavy (non-hydrogen) atoms. The van der Waals surface area contributed by atoms with Crippen LogP contribution in [0.1, 0.15) is 65.1 Å². The highest BCUT2D eigenvalue weighted by Crippen LogP contribution is 2.32. The smallest absolute Gasteiger partial charge is 0.408 e. The quantitative estimate of drug-likeness (QED) is 0.430. The molecule has 200 valence electrons. The summed E-state index contributed by atoms with van der Waals surface area (Å²) in [6.07, 6.45) is -1.44. The fourth-order valence-corrected chi connectivity index (χ4v) is 3.48. The first kappa shape index (κ1) is 30.4. The molecule has 0 heterocycles. The van der Waals surface area contributed by atoms with Gasteiger partial charge in [-0.25, -0.2) is 4.79 Å². The summed E-state index contributed by atoms with van der Waals surface area (Å²) in [6.45, 7) is 11.4. The molecule has 0 bridgehead atoms. The van der Waals surface area contributed by atoms with E-state index in [1.807, 2.05) is 0 Å². The number of ether oxygens (including phenoxy) is 2. The highest BCUT2D eigenvalue weighted by atomic mass is 16.6. The van der Waals surface area contributed by atoms with Crippen LogP contribution in [0.3, 0.4) is 0 Å². The van der Waals surface area contributed by atoms with Gasteiger partial charge in [-0.15, -0.1) is 0 Å². The maximum absolute atomic E-state index is 13.9. The summed E-state index contributed by atoms with van der Waals surface area (Å²) < 4.78 is 9.85. The molecule has 4 amide bonds. The fourth-order valence-electron chi connectivity index (χ4n) is 3.48. The van der Waals surface area contributed by atoms with E-state index in [1.54, 1.807) is 72.7 Å². The van der Waals surface area contributed by atoms with E-state index in [0.29, 0.717) is 11.1 Å². The van der Waals surface area contributed by atoms with Crippen LogP contribution in [0, 0.1) is 6.92 Å². The minimum Gasteiger partial charge on any atom is -0.468 e. The first-order valence-corrected chi connectivity index (χ1v) is 11.5. The van der Waals surface area contributed by atoms with Crippen LogP contribution in [0.4, 0.5) is 4.79 Å². The Kier molecular flexibility index (Phi) is 10.4. The van der Waals surface area contributed by atoms with Crippen molar-refractivity contribution in [3.63, 3.8) is 0 Å². The molecule has 1 aromatic carbocycles. The molecule has 4 N–H and O–H groups in total. The van der Waals surface area contributed by atoms with Gasteiger partial charge in [0.1, 0.15) is 24.2 Å². The van der Waals surface area contributed by atoms with Crippen molar-refractivity contribution in [2.45, 2.75) is 78.1 Å². The highest BCUT2D eigenvalue weighted by molar-refractivity contribution is 5.95. The van der Waals surface area contributed by atoms with Gasteiger partial charge in [-0.3, -0.25) is 19.2 Å². The first-order chi connectivity index (χ1) is 16.5. The summed E-state index contributed by atoms with van der Waals surface area (Å²) >= 11 is 0. The van der Waals surface area contributed by atoms with Crippen LogP contribution in [0.2, 0.25) is 0 Å². The summed E-state index contributed by atoms with van der Waals surface area (Å²) in [5.74, 6) is -2.87. The predicted octanol–water partition coefficient (Wildman–Crippen LogP) is 1.72. The minimum atomic E-state index is -1.41. The Balaban J connectivity index is 3.58. The number of alkyl carbamates (subject to hydrolysis) is 1. The number of benzene rings is 1. The summed E-state index contributed by atoms with van der Waals surface area (Å²) in [4.78, 5) is 64.6. The molecule has 0 radical (unpaired) electrons. The van der Waals surface area contributed by atoms with Gasteiger partial charge in [-0.1, -0.05) is 24.3 Å². The Morgan fingerprint density at radius 1 is 1.03 bits per heavy atom. The van der Waals surface area contributed by atoms with Crippen LogP contribution >= 0.6 is 0 Å². The van der Waals surface area contributed by atoms with Crippen molar-refractivity contribution in [3.8, 4) is 0 Å². The second-order valence-corrected chi connectivity index (χ2v) is 10.3. The Bertz CT molecular complexity index is 979. The topological polar surface area (TPSA) is 157 Å². The molecule has 11 heteroatoms. The Morgan fingerprint density at radius 2 is 1.61 bits per heavy atom. The maximum atomic E-state index is 13.9. The third kappa shape index (κ3) is 9.20.